The highest BCUT2D eigenvalue weighted by Crippen LogP contribution is 2.36. The number of ether oxygens (including phenoxy) is 1. The van der Waals surface area contributed by atoms with Crippen LogP contribution in [0, 0.1) is 0 Å². The van der Waals surface area contributed by atoms with Gasteiger partial charge in [-0.25, -0.2) is 4.98 Å². The van der Waals surface area contributed by atoms with Crippen LogP contribution in [0.25, 0.3) is 10.2 Å². The first-order chi connectivity index (χ1) is 14.1. The average molecular weight is 429 g/mol. The molecular weight excluding hydrogens is 400 g/mol. The Balaban J connectivity index is 1.63. The van der Waals surface area contributed by atoms with Gasteiger partial charge in [0.25, 0.3) is 0 Å². The van der Waals surface area contributed by atoms with Crippen molar-refractivity contribution in [2.24, 2.45) is 0 Å². The number of thiazole rings is 1. The van der Waals surface area contributed by atoms with Gasteiger partial charge in [0.2, 0.25) is 0 Å². The summed E-state index contributed by atoms with van der Waals surface area (Å²) in [5, 5.41) is 10.6. The van der Waals surface area contributed by atoms with E-state index in [2.05, 4.69) is 54.4 Å². The Labute approximate surface area is 180 Å². The van der Waals surface area contributed by atoms with E-state index in [-0.39, 0.29) is 18.3 Å². The van der Waals surface area contributed by atoms with Gasteiger partial charge in [-0.15, -0.1) is 23.1 Å². The summed E-state index contributed by atoms with van der Waals surface area (Å²) in [5.74, 6) is 0.686. The summed E-state index contributed by atoms with van der Waals surface area (Å²) in [6.45, 7) is 3.97. The fourth-order valence-electron chi connectivity index (χ4n) is 3.58. The number of thioether (sulfide) groups is 1. The molecule has 0 aliphatic carbocycles. The number of hydrogen-bond acceptors (Lipinski definition) is 6. The van der Waals surface area contributed by atoms with Crippen LogP contribution in [-0.2, 0) is 4.74 Å². The summed E-state index contributed by atoms with van der Waals surface area (Å²) in [4.78, 5) is 8.43. The van der Waals surface area contributed by atoms with Crippen LogP contribution in [0.15, 0.2) is 53.4 Å². The molecule has 0 radical (unpaired) electrons. The van der Waals surface area contributed by atoms with E-state index < -0.39 is 0 Å². The van der Waals surface area contributed by atoms with E-state index in [4.69, 9.17) is 9.72 Å². The maximum Gasteiger partial charge on any atom is 0.134 e. The maximum atomic E-state index is 9.63. The van der Waals surface area contributed by atoms with E-state index in [1.165, 1.54) is 4.70 Å². The number of hydrogen-bond donors (Lipinski definition) is 1. The second kappa shape index (κ2) is 9.58. The Morgan fingerprint density at radius 2 is 2.00 bits per heavy atom. The first-order valence-corrected chi connectivity index (χ1v) is 12.0. The summed E-state index contributed by atoms with van der Waals surface area (Å²) >= 11 is 3.40. The van der Waals surface area contributed by atoms with Crippen LogP contribution in [0.4, 0.5) is 0 Å². The van der Waals surface area contributed by atoms with Gasteiger partial charge in [-0.3, -0.25) is 0 Å². The molecule has 1 N–H and O–H groups in total. The van der Waals surface area contributed by atoms with Crippen LogP contribution in [0.1, 0.15) is 36.4 Å². The van der Waals surface area contributed by atoms with Gasteiger partial charge in [-0.05, 0) is 56.6 Å². The predicted octanol–water partition coefficient (Wildman–Crippen LogP) is 4.97. The second-order valence-corrected chi connectivity index (χ2v) is 9.93. The number of benzene rings is 2. The van der Waals surface area contributed by atoms with Crippen molar-refractivity contribution in [3.63, 3.8) is 0 Å². The Bertz CT molecular complexity index is 902. The zero-order chi connectivity index (χ0) is 20.2. The number of para-hydroxylation sites is 1. The van der Waals surface area contributed by atoms with Crippen molar-refractivity contribution in [2.45, 2.75) is 43.0 Å². The van der Waals surface area contributed by atoms with Gasteiger partial charge in [0.15, 0.2) is 0 Å². The third-order valence-electron chi connectivity index (χ3n) is 5.18. The molecule has 2 unspecified atom stereocenters. The predicted molar refractivity (Wildman–Crippen MR) is 122 cm³/mol. The van der Waals surface area contributed by atoms with Crippen LogP contribution >= 0.6 is 23.1 Å². The summed E-state index contributed by atoms with van der Waals surface area (Å²) in [6, 6.07) is 16.8. The number of piperidine rings is 1. The van der Waals surface area contributed by atoms with Crippen molar-refractivity contribution in [1.29, 1.82) is 0 Å². The van der Waals surface area contributed by atoms with Gasteiger partial charge in [-0.2, -0.15) is 0 Å². The third-order valence-corrected chi connectivity index (χ3v) is 7.50. The molecule has 0 saturated carbocycles. The van der Waals surface area contributed by atoms with Crippen LogP contribution in [0.2, 0.25) is 0 Å². The number of fused-ring (bicyclic) bond motifs is 1. The zero-order valence-electron chi connectivity index (χ0n) is 17.0. The summed E-state index contributed by atoms with van der Waals surface area (Å²) in [6.07, 6.45) is 1.87. The summed E-state index contributed by atoms with van der Waals surface area (Å²) < 4.78 is 7.88. The van der Waals surface area contributed by atoms with Crippen molar-refractivity contribution < 1.29 is 9.84 Å². The zero-order valence-corrected chi connectivity index (χ0v) is 18.6. The lowest BCUT2D eigenvalue weighted by Gasteiger charge is -2.31. The van der Waals surface area contributed by atoms with Gasteiger partial charge in [0.1, 0.15) is 11.1 Å². The molecule has 0 amide bonds. The second-order valence-electron chi connectivity index (χ2n) is 7.77. The Hall–Kier alpha value is -1.44. The molecule has 1 fully saturated rings. The van der Waals surface area contributed by atoms with E-state index in [0.717, 1.165) is 46.9 Å². The highest BCUT2D eigenvalue weighted by Gasteiger charge is 2.26. The Morgan fingerprint density at radius 3 is 2.76 bits per heavy atom. The highest BCUT2D eigenvalue weighted by atomic mass is 32.2. The first kappa shape index (κ1) is 20.8. The normalized spacial score (nSPS) is 18.2. The Kier molecular flexibility index (Phi) is 6.88. The molecule has 2 aromatic carbocycles. The molecule has 154 valence electrons. The highest BCUT2D eigenvalue weighted by molar-refractivity contribution is 7.99. The van der Waals surface area contributed by atoms with Crippen molar-refractivity contribution in [1.82, 2.24) is 9.88 Å². The topological polar surface area (TPSA) is 45.6 Å². The van der Waals surface area contributed by atoms with Gasteiger partial charge in [0, 0.05) is 23.7 Å². The quantitative estimate of drug-likeness (QED) is 0.538. The number of likely N-dealkylation sites (tertiary alicyclic amines) is 1. The molecule has 29 heavy (non-hydrogen) atoms. The van der Waals surface area contributed by atoms with Crippen LogP contribution < -0.4 is 0 Å². The maximum absolute atomic E-state index is 9.63. The Morgan fingerprint density at radius 1 is 1.21 bits per heavy atom. The standard InChI is InChI=1S/C23H28N2O2S2/c1-16(26)15-28-19-7-5-6-17(14-19)22(27-18-10-12-25(2)13-11-18)23-24-20-8-3-4-9-21(20)29-23/h3-9,14,16,18,22,26H,10-13,15H2,1-2H3. The molecule has 2 atom stereocenters. The summed E-state index contributed by atoms with van der Waals surface area (Å²) in [5.41, 5.74) is 2.17. The van der Waals surface area contributed by atoms with Gasteiger partial charge in [0.05, 0.1) is 22.4 Å². The van der Waals surface area contributed by atoms with Gasteiger partial charge < -0.3 is 14.7 Å². The molecule has 0 bridgehead atoms. The van der Waals surface area contributed by atoms with E-state index in [1.807, 2.05) is 13.0 Å². The van der Waals surface area contributed by atoms with E-state index >= 15 is 0 Å². The van der Waals surface area contributed by atoms with Crippen LogP contribution in [0.5, 0.6) is 0 Å². The van der Waals surface area contributed by atoms with Gasteiger partial charge in [-0.1, -0.05) is 24.3 Å². The fraction of sp³-hybridized carbons (Fsp3) is 0.435. The summed E-state index contributed by atoms with van der Waals surface area (Å²) in [7, 11) is 2.17. The minimum atomic E-state index is -0.320. The molecule has 1 aliphatic rings. The van der Waals surface area contributed by atoms with E-state index in [9.17, 15) is 5.11 Å². The van der Waals surface area contributed by atoms with Crippen molar-refractivity contribution in [3.05, 3.63) is 59.1 Å². The largest absolute Gasteiger partial charge is 0.393 e. The molecule has 1 aromatic heterocycles. The molecule has 3 aromatic rings. The van der Waals surface area contributed by atoms with Gasteiger partial charge >= 0.3 is 0 Å². The average Bonchev–Trinajstić information content (AvgIpc) is 3.16. The number of aliphatic hydroxyl groups is 1. The number of aromatic nitrogens is 1. The molecule has 1 saturated heterocycles. The SMILES string of the molecule is CC(O)CSc1cccc(C(OC2CCN(C)CC2)c2nc3ccccc3s2)c1. The lowest BCUT2D eigenvalue weighted by Crippen LogP contribution is -2.35. The van der Waals surface area contributed by atoms with Crippen LogP contribution in [0.3, 0.4) is 0 Å². The fourth-order valence-corrected chi connectivity index (χ4v) is 5.44. The van der Waals surface area contributed by atoms with Crippen LogP contribution in [-0.4, -0.2) is 53.1 Å². The molecule has 2 heterocycles. The third kappa shape index (κ3) is 5.38. The molecule has 6 heteroatoms. The minimum absolute atomic E-state index is 0.159. The lowest BCUT2D eigenvalue weighted by molar-refractivity contribution is -0.0235. The van der Waals surface area contributed by atoms with E-state index in [0.29, 0.717) is 5.75 Å². The minimum Gasteiger partial charge on any atom is -0.393 e. The lowest BCUT2D eigenvalue weighted by atomic mass is 10.1. The molecule has 0 spiro atoms. The number of aliphatic hydroxyl groups excluding tert-OH is 1. The molecule has 1 aliphatic heterocycles. The first-order valence-electron chi connectivity index (χ1n) is 10.2. The molecule has 4 nitrogen and oxygen atoms in total. The molecule has 4 rings (SSSR count). The smallest absolute Gasteiger partial charge is 0.134 e. The number of rotatable bonds is 7. The monoisotopic (exact) mass is 428 g/mol. The molecular formula is C23H28N2O2S2. The van der Waals surface area contributed by atoms with Crippen molar-refractivity contribution in [3.8, 4) is 0 Å². The van der Waals surface area contributed by atoms with Crippen molar-refractivity contribution in [2.75, 3.05) is 25.9 Å². The van der Waals surface area contributed by atoms with E-state index in [1.54, 1.807) is 23.1 Å². The number of nitrogens with zero attached hydrogens (tertiary/aromatic N) is 2. The van der Waals surface area contributed by atoms with Crippen molar-refractivity contribution >= 4 is 33.3 Å².